The molecule has 3 heterocycles. The van der Waals surface area contributed by atoms with Gasteiger partial charge in [-0.1, -0.05) is 12.1 Å². The molecular weight excluding hydrogens is 344 g/mol. The molecule has 1 atom stereocenters. The number of hydrogen-bond acceptors (Lipinski definition) is 6. The summed E-state index contributed by atoms with van der Waals surface area (Å²) in [5, 5.41) is 11.3. The summed E-state index contributed by atoms with van der Waals surface area (Å²) in [5.74, 6) is 0.176. The van der Waals surface area contributed by atoms with Gasteiger partial charge in [0.05, 0.1) is 11.7 Å². The molecule has 3 aromatic heterocycles. The number of aryl methyl sites for hydroxylation is 2. The Morgan fingerprint density at radius 3 is 2.63 bits per heavy atom. The van der Waals surface area contributed by atoms with Gasteiger partial charge in [-0.2, -0.15) is 10.1 Å². The zero-order valence-corrected chi connectivity index (χ0v) is 15.2. The summed E-state index contributed by atoms with van der Waals surface area (Å²) in [6.45, 7) is 5.69. The molecule has 1 amide bonds. The number of carbonyl (C=O) groups is 1. The molecule has 9 nitrogen and oxygen atoms in total. The van der Waals surface area contributed by atoms with E-state index in [4.69, 9.17) is 0 Å². The van der Waals surface area contributed by atoms with E-state index in [-0.39, 0.29) is 17.8 Å². The summed E-state index contributed by atoms with van der Waals surface area (Å²) in [5.41, 5.74) is 3.57. The molecule has 9 heteroatoms. The second kappa shape index (κ2) is 6.60. The van der Waals surface area contributed by atoms with Crippen LogP contribution in [0.15, 0.2) is 43.0 Å². The lowest BCUT2D eigenvalue weighted by Gasteiger charge is -2.13. The Morgan fingerprint density at radius 1 is 1.15 bits per heavy atom. The number of aromatic nitrogens is 7. The van der Waals surface area contributed by atoms with Crippen LogP contribution in [0.1, 0.15) is 40.5 Å². The predicted octanol–water partition coefficient (Wildman–Crippen LogP) is 1.81. The molecule has 27 heavy (non-hydrogen) atoms. The van der Waals surface area contributed by atoms with Crippen LogP contribution in [-0.2, 0) is 0 Å². The minimum atomic E-state index is -0.342. The number of nitrogens with one attached hydrogen (secondary N) is 1. The van der Waals surface area contributed by atoms with Crippen molar-refractivity contribution in [2.24, 2.45) is 0 Å². The first-order valence-corrected chi connectivity index (χ1v) is 8.48. The predicted molar refractivity (Wildman–Crippen MR) is 97.5 cm³/mol. The molecule has 1 N–H and O–H groups in total. The number of fused-ring (bicyclic) bond motifs is 1. The van der Waals surface area contributed by atoms with Crippen LogP contribution in [0.25, 0.3) is 11.5 Å². The Balaban J connectivity index is 1.51. The Morgan fingerprint density at radius 2 is 1.93 bits per heavy atom. The van der Waals surface area contributed by atoms with Crippen molar-refractivity contribution < 1.29 is 4.79 Å². The number of carbonyl (C=O) groups excluding carboxylic acids is 1. The van der Waals surface area contributed by atoms with Crippen molar-refractivity contribution in [3.8, 4) is 5.69 Å². The Labute approximate surface area is 155 Å². The summed E-state index contributed by atoms with van der Waals surface area (Å²) in [6, 6.07) is 9.41. The number of nitrogens with zero attached hydrogens (tertiary/aromatic N) is 7. The van der Waals surface area contributed by atoms with Gasteiger partial charge in [0.2, 0.25) is 5.82 Å². The molecule has 0 bridgehead atoms. The largest absolute Gasteiger partial charge is 0.343 e. The van der Waals surface area contributed by atoms with Gasteiger partial charge in [-0.3, -0.25) is 4.79 Å². The van der Waals surface area contributed by atoms with Crippen LogP contribution in [0.2, 0.25) is 0 Å². The molecule has 136 valence electrons. The van der Waals surface area contributed by atoms with Crippen molar-refractivity contribution in [2.45, 2.75) is 26.8 Å². The monoisotopic (exact) mass is 362 g/mol. The quantitative estimate of drug-likeness (QED) is 0.594. The van der Waals surface area contributed by atoms with E-state index in [1.165, 1.54) is 6.33 Å². The average Bonchev–Trinajstić information content (AvgIpc) is 3.31. The first kappa shape index (κ1) is 16.8. The van der Waals surface area contributed by atoms with Gasteiger partial charge in [0, 0.05) is 11.4 Å². The number of amides is 1. The van der Waals surface area contributed by atoms with Gasteiger partial charge >= 0.3 is 0 Å². The van der Waals surface area contributed by atoms with Gasteiger partial charge in [0.15, 0.2) is 0 Å². The molecule has 0 spiro atoms. The first-order valence-electron chi connectivity index (χ1n) is 8.48. The zero-order chi connectivity index (χ0) is 19.0. The highest BCUT2D eigenvalue weighted by Crippen LogP contribution is 2.16. The van der Waals surface area contributed by atoms with Gasteiger partial charge in [0.25, 0.3) is 11.7 Å². The summed E-state index contributed by atoms with van der Waals surface area (Å²) in [6.07, 6.45) is 3.11. The van der Waals surface area contributed by atoms with Crippen molar-refractivity contribution >= 4 is 11.7 Å². The summed E-state index contributed by atoms with van der Waals surface area (Å²) in [4.78, 5) is 25.0. The van der Waals surface area contributed by atoms with E-state index in [1.54, 1.807) is 15.5 Å². The summed E-state index contributed by atoms with van der Waals surface area (Å²) < 4.78 is 3.24. The third-order valence-electron chi connectivity index (χ3n) is 4.25. The first-order chi connectivity index (χ1) is 13.0. The van der Waals surface area contributed by atoms with E-state index >= 15 is 0 Å². The summed E-state index contributed by atoms with van der Waals surface area (Å²) in [7, 11) is 0. The van der Waals surface area contributed by atoms with E-state index in [2.05, 4.69) is 30.5 Å². The van der Waals surface area contributed by atoms with E-state index in [9.17, 15) is 4.79 Å². The molecule has 4 aromatic rings. The van der Waals surface area contributed by atoms with Crippen LogP contribution in [-0.4, -0.2) is 40.3 Å². The molecule has 0 aliphatic rings. The molecule has 1 aromatic carbocycles. The maximum absolute atomic E-state index is 12.5. The smallest absolute Gasteiger partial charge is 0.291 e. The highest BCUT2D eigenvalue weighted by molar-refractivity contribution is 5.91. The molecule has 0 aliphatic carbocycles. The molecule has 0 fully saturated rings. The lowest BCUT2D eigenvalue weighted by Crippen LogP contribution is -2.27. The molecule has 4 rings (SSSR count). The molecular formula is C18H18N8O. The van der Waals surface area contributed by atoms with Gasteiger partial charge < -0.3 is 5.32 Å². The Hall–Kier alpha value is -3.62. The van der Waals surface area contributed by atoms with Crippen molar-refractivity contribution in [3.63, 3.8) is 0 Å². The van der Waals surface area contributed by atoms with E-state index in [1.807, 2.05) is 51.1 Å². The summed E-state index contributed by atoms with van der Waals surface area (Å²) >= 11 is 0. The molecule has 0 aliphatic heterocycles. The molecule has 1 unspecified atom stereocenters. The fraction of sp³-hybridized carbons (Fsp3) is 0.222. The van der Waals surface area contributed by atoms with Gasteiger partial charge in [0.1, 0.15) is 12.7 Å². The normalized spacial score (nSPS) is 12.3. The maximum atomic E-state index is 12.5. The fourth-order valence-corrected chi connectivity index (χ4v) is 2.86. The standard InChI is InChI=1S/C18H18N8O/c1-11-8-12(2)26-18(21-11)23-16(24-26)17(27)22-13(3)14-4-6-15(7-5-14)25-10-19-9-20-25/h4-10,13H,1-3H3,(H,22,27). The van der Waals surface area contributed by atoms with Crippen LogP contribution in [0.3, 0.4) is 0 Å². The van der Waals surface area contributed by atoms with E-state index in [0.717, 1.165) is 22.6 Å². The topological polar surface area (TPSA) is 103 Å². The lowest BCUT2D eigenvalue weighted by atomic mass is 10.1. The van der Waals surface area contributed by atoms with Crippen molar-refractivity contribution in [2.75, 3.05) is 0 Å². The lowest BCUT2D eigenvalue weighted by molar-refractivity contribution is 0.0929. The molecule has 0 radical (unpaired) electrons. The zero-order valence-electron chi connectivity index (χ0n) is 15.2. The minimum absolute atomic E-state index is 0.0993. The van der Waals surface area contributed by atoms with Gasteiger partial charge in [-0.15, -0.1) is 5.10 Å². The number of rotatable bonds is 4. The van der Waals surface area contributed by atoms with Crippen LogP contribution in [0.5, 0.6) is 0 Å². The van der Waals surface area contributed by atoms with Crippen molar-refractivity contribution in [3.05, 3.63) is 65.8 Å². The van der Waals surface area contributed by atoms with E-state index < -0.39 is 0 Å². The van der Waals surface area contributed by atoms with Crippen molar-refractivity contribution in [1.82, 2.24) is 39.7 Å². The van der Waals surface area contributed by atoms with Crippen LogP contribution >= 0.6 is 0 Å². The number of hydrogen-bond donors (Lipinski definition) is 1. The number of benzene rings is 1. The SMILES string of the molecule is Cc1cc(C)n2nc(C(=O)NC(C)c3ccc(-n4cncn4)cc3)nc2n1. The third kappa shape index (κ3) is 3.26. The third-order valence-corrected chi connectivity index (χ3v) is 4.25. The van der Waals surface area contributed by atoms with Crippen LogP contribution in [0.4, 0.5) is 0 Å². The average molecular weight is 362 g/mol. The molecule has 0 saturated heterocycles. The molecule has 0 saturated carbocycles. The van der Waals surface area contributed by atoms with Crippen LogP contribution < -0.4 is 5.32 Å². The second-order valence-electron chi connectivity index (χ2n) is 6.31. The van der Waals surface area contributed by atoms with Gasteiger partial charge in [-0.25, -0.2) is 19.2 Å². The fourth-order valence-electron chi connectivity index (χ4n) is 2.86. The van der Waals surface area contributed by atoms with E-state index in [0.29, 0.717) is 5.78 Å². The Bertz CT molecular complexity index is 1100. The van der Waals surface area contributed by atoms with Crippen molar-refractivity contribution in [1.29, 1.82) is 0 Å². The highest BCUT2D eigenvalue weighted by Gasteiger charge is 2.17. The van der Waals surface area contributed by atoms with Gasteiger partial charge in [-0.05, 0) is 44.5 Å². The van der Waals surface area contributed by atoms with Crippen LogP contribution in [0, 0.1) is 13.8 Å². The Kier molecular flexibility index (Phi) is 4.11. The maximum Gasteiger partial charge on any atom is 0.291 e. The second-order valence-corrected chi connectivity index (χ2v) is 6.31. The minimum Gasteiger partial charge on any atom is -0.343 e. The highest BCUT2D eigenvalue weighted by atomic mass is 16.2.